The molecule has 2 aromatic rings. The van der Waals surface area contributed by atoms with Crippen LogP contribution in [0.3, 0.4) is 0 Å². The predicted molar refractivity (Wildman–Crippen MR) is 92.4 cm³/mol. The molecule has 1 heterocycles. The number of hydrogen-bond acceptors (Lipinski definition) is 3. The summed E-state index contributed by atoms with van der Waals surface area (Å²) in [5.74, 6) is -0.0292. The van der Waals surface area contributed by atoms with Gasteiger partial charge in [-0.3, -0.25) is 4.98 Å². The monoisotopic (exact) mass is 343 g/mol. The van der Waals surface area contributed by atoms with Gasteiger partial charge in [0.15, 0.2) is 0 Å². The molecule has 6 heteroatoms. The minimum Gasteiger partial charge on any atom is -0.391 e. The van der Waals surface area contributed by atoms with E-state index in [1.165, 1.54) is 17.0 Å². The highest BCUT2D eigenvalue weighted by Crippen LogP contribution is 2.32. The zero-order chi connectivity index (χ0) is 17.8. The summed E-state index contributed by atoms with van der Waals surface area (Å²) in [6.07, 6.45) is 3.19. The second-order valence-corrected chi connectivity index (χ2v) is 6.47. The zero-order valence-corrected chi connectivity index (χ0v) is 14.1. The summed E-state index contributed by atoms with van der Waals surface area (Å²) in [5, 5.41) is 13.0. The Morgan fingerprint density at radius 1 is 1.32 bits per heavy atom. The van der Waals surface area contributed by atoms with Crippen molar-refractivity contribution in [3.63, 3.8) is 0 Å². The molecule has 0 bridgehead atoms. The van der Waals surface area contributed by atoms with Gasteiger partial charge in [0.25, 0.3) is 0 Å². The van der Waals surface area contributed by atoms with Gasteiger partial charge in [0.05, 0.1) is 17.8 Å². The van der Waals surface area contributed by atoms with E-state index in [4.69, 9.17) is 0 Å². The minimum absolute atomic E-state index is 0.287. The molecule has 1 aliphatic carbocycles. The quantitative estimate of drug-likeness (QED) is 0.848. The molecule has 2 amide bonds. The van der Waals surface area contributed by atoms with Crippen LogP contribution in [0.25, 0.3) is 0 Å². The number of amides is 2. The number of rotatable bonds is 6. The molecule has 1 fully saturated rings. The Morgan fingerprint density at radius 3 is 2.64 bits per heavy atom. The molecule has 1 aliphatic rings. The molecule has 0 unspecified atom stereocenters. The molecule has 5 nitrogen and oxygen atoms in total. The van der Waals surface area contributed by atoms with Gasteiger partial charge in [-0.05, 0) is 48.6 Å². The highest BCUT2D eigenvalue weighted by molar-refractivity contribution is 5.75. The molecule has 0 saturated heterocycles. The fourth-order valence-electron chi connectivity index (χ4n) is 2.76. The highest BCUT2D eigenvalue weighted by Gasteiger charge is 2.31. The van der Waals surface area contributed by atoms with Gasteiger partial charge in [-0.15, -0.1) is 0 Å². The van der Waals surface area contributed by atoms with Gasteiger partial charge in [0.1, 0.15) is 5.82 Å². The van der Waals surface area contributed by atoms with Crippen molar-refractivity contribution in [2.45, 2.75) is 25.0 Å². The van der Waals surface area contributed by atoms with E-state index in [9.17, 15) is 14.3 Å². The van der Waals surface area contributed by atoms with E-state index in [0.717, 1.165) is 18.4 Å². The molecule has 132 valence electrons. The smallest absolute Gasteiger partial charge is 0.318 e. The maximum Gasteiger partial charge on any atom is 0.318 e. The van der Waals surface area contributed by atoms with Crippen LogP contribution in [0.15, 0.2) is 48.7 Å². The van der Waals surface area contributed by atoms with Gasteiger partial charge in [-0.2, -0.15) is 0 Å². The number of nitrogens with one attached hydrogen (secondary N) is 1. The summed E-state index contributed by atoms with van der Waals surface area (Å²) >= 11 is 0. The Balaban J connectivity index is 1.75. The molecular weight excluding hydrogens is 321 g/mol. The van der Waals surface area contributed by atoms with Crippen LogP contribution >= 0.6 is 0 Å². The normalized spacial score (nSPS) is 16.1. The predicted octanol–water partition coefficient (Wildman–Crippen LogP) is 2.72. The van der Waals surface area contributed by atoms with Crippen LogP contribution in [0.1, 0.15) is 30.1 Å². The Bertz CT molecular complexity index is 704. The van der Waals surface area contributed by atoms with Crippen molar-refractivity contribution in [1.82, 2.24) is 15.2 Å². The van der Waals surface area contributed by atoms with Crippen molar-refractivity contribution in [3.05, 3.63) is 65.7 Å². The average molecular weight is 343 g/mol. The van der Waals surface area contributed by atoms with Gasteiger partial charge < -0.3 is 15.3 Å². The molecule has 2 atom stereocenters. The molecule has 25 heavy (non-hydrogen) atoms. The number of pyridine rings is 1. The van der Waals surface area contributed by atoms with Gasteiger partial charge in [0.2, 0.25) is 0 Å². The molecule has 1 saturated carbocycles. The minimum atomic E-state index is -0.491. The van der Waals surface area contributed by atoms with Crippen LogP contribution < -0.4 is 5.32 Å². The molecule has 2 N–H and O–H groups in total. The molecule has 0 spiro atoms. The first-order chi connectivity index (χ1) is 12.0. The van der Waals surface area contributed by atoms with E-state index >= 15 is 0 Å². The number of benzene rings is 1. The second-order valence-electron chi connectivity index (χ2n) is 6.47. The van der Waals surface area contributed by atoms with Crippen molar-refractivity contribution >= 4 is 6.03 Å². The maximum absolute atomic E-state index is 13.2. The third-order valence-electron chi connectivity index (χ3n) is 4.43. The van der Waals surface area contributed by atoms with Crippen molar-refractivity contribution in [3.8, 4) is 0 Å². The number of aromatic nitrogens is 1. The molecular formula is C19H22FN3O2. The Labute approximate surface area is 146 Å². The number of aliphatic hydroxyl groups is 1. The lowest BCUT2D eigenvalue weighted by atomic mass is 10.0. The summed E-state index contributed by atoms with van der Waals surface area (Å²) in [7, 11) is 1.65. The number of likely N-dealkylation sites (N-methyl/N-ethyl adjacent to an activating group) is 1. The molecule has 0 aliphatic heterocycles. The summed E-state index contributed by atoms with van der Waals surface area (Å²) in [6, 6.07) is 10.6. The molecule has 1 aromatic heterocycles. The average Bonchev–Trinajstić information content (AvgIpc) is 3.46. The van der Waals surface area contributed by atoms with Gasteiger partial charge in [-0.1, -0.05) is 18.2 Å². The second kappa shape index (κ2) is 7.61. The Kier molecular flexibility index (Phi) is 5.28. The topological polar surface area (TPSA) is 65.5 Å². The van der Waals surface area contributed by atoms with Crippen LogP contribution in [0.2, 0.25) is 0 Å². The number of halogens is 1. The number of carbonyl (C=O) groups excluding carboxylic acids is 1. The number of aliphatic hydroxyl groups excluding tert-OH is 1. The number of urea groups is 1. The van der Waals surface area contributed by atoms with E-state index < -0.39 is 12.1 Å². The zero-order valence-electron chi connectivity index (χ0n) is 14.1. The van der Waals surface area contributed by atoms with Gasteiger partial charge in [-0.25, -0.2) is 9.18 Å². The molecule has 1 aromatic carbocycles. The lowest BCUT2D eigenvalue weighted by Crippen LogP contribution is -2.43. The summed E-state index contributed by atoms with van der Waals surface area (Å²) < 4.78 is 13.2. The molecule has 0 radical (unpaired) electrons. The number of carbonyl (C=O) groups is 1. The lowest BCUT2D eigenvalue weighted by molar-refractivity contribution is 0.113. The van der Waals surface area contributed by atoms with Crippen molar-refractivity contribution in [1.29, 1.82) is 0 Å². The van der Waals surface area contributed by atoms with Crippen LogP contribution in [0.4, 0.5) is 9.18 Å². The van der Waals surface area contributed by atoms with E-state index in [1.807, 2.05) is 12.1 Å². The number of hydrogen-bond donors (Lipinski definition) is 2. The van der Waals surface area contributed by atoms with E-state index in [-0.39, 0.29) is 18.4 Å². The van der Waals surface area contributed by atoms with Crippen molar-refractivity contribution < 1.29 is 14.3 Å². The lowest BCUT2D eigenvalue weighted by Gasteiger charge is -2.25. The van der Waals surface area contributed by atoms with E-state index in [2.05, 4.69) is 10.3 Å². The summed E-state index contributed by atoms with van der Waals surface area (Å²) in [6.45, 7) is 0.287. The van der Waals surface area contributed by atoms with Gasteiger partial charge >= 0.3 is 6.03 Å². The van der Waals surface area contributed by atoms with Crippen LogP contribution in [0.5, 0.6) is 0 Å². The first-order valence-corrected chi connectivity index (χ1v) is 8.40. The van der Waals surface area contributed by atoms with Gasteiger partial charge in [0, 0.05) is 19.8 Å². The summed E-state index contributed by atoms with van der Waals surface area (Å²) in [4.78, 5) is 18.3. The van der Waals surface area contributed by atoms with Crippen molar-refractivity contribution in [2.24, 2.45) is 5.92 Å². The Hall–Kier alpha value is -2.47. The first kappa shape index (κ1) is 17.4. The van der Waals surface area contributed by atoms with Crippen molar-refractivity contribution in [2.75, 3.05) is 13.6 Å². The third kappa shape index (κ3) is 4.54. The fourth-order valence-corrected chi connectivity index (χ4v) is 2.76. The van der Waals surface area contributed by atoms with Crippen LogP contribution in [0, 0.1) is 11.7 Å². The first-order valence-electron chi connectivity index (χ1n) is 8.40. The third-order valence-corrected chi connectivity index (χ3v) is 4.43. The van der Waals surface area contributed by atoms with Crippen LogP contribution in [-0.4, -0.2) is 40.7 Å². The highest BCUT2D eigenvalue weighted by atomic mass is 19.1. The number of nitrogens with zero attached hydrogens (tertiary/aromatic N) is 2. The maximum atomic E-state index is 13.2. The SMILES string of the molecule is CN(C[C@H](O)C1CC1)C(=O)N[C@@H](c1ccc(F)cc1)c1ccccn1. The van der Waals surface area contributed by atoms with E-state index in [0.29, 0.717) is 11.6 Å². The fraction of sp³-hybridized carbons (Fsp3) is 0.368. The van der Waals surface area contributed by atoms with E-state index in [1.54, 1.807) is 31.4 Å². The Morgan fingerprint density at radius 2 is 2.04 bits per heavy atom. The molecule has 3 rings (SSSR count). The van der Waals surface area contributed by atoms with Crippen LogP contribution in [-0.2, 0) is 0 Å². The standard InChI is InChI=1S/C19H22FN3O2/c1-23(12-17(24)13-5-6-13)19(25)22-18(16-4-2-3-11-21-16)14-7-9-15(20)10-8-14/h2-4,7-11,13,17-18,24H,5-6,12H2,1H3,(H,22,25)/t17-,18-/m0/s1. The largest absolute Gasteiger partial charge is 0.391 e. The summed E-state index contributed by atoms with van der Waals surface area (Å²) in [5.41, 5.74) is 1.41.